The second-order valence-electron chi connectivity index (χ2n) is 11.4. The van der Waals surface area contributed by atoms with Crippen molar-refractivity contribution < 1.29 is 32.6 Å². The Balaban J connectivity index is 1.19. The van der Waals surface area contributed by atoms with E-state index in [2.05, 4.69) is 17.0 Å². The summed E-state index contributed by atoms with van der Waals surface area (Å²) in [6, 6.07) is 8.55. The number of likely N-dealkylation sites (tertiary alicyclic amines) is 1. The topological polar surface area (TPSA) is 110 Å². The Labute approximate surface area is 261 Å². The lowest BCUT2D eigenvalue weighted by molar-refractivity contribution is -0.143. The fourth-order valence-electron chi connectivity index (χ4n) is 5.86. The van der Waals surface area contributed by atoms with E-state index in [9.17, 15) is 27.9 Å². The minimum absolute atomic E-state index is 0.152. The monoisotopic (exact) mass is 639 g/mol. The molecular weight excluding hydrogens is 607 g/mol. The first-order chi connectivity index (χ1) is 21.5. The van der Waals surface area contributed by atoms with Crippen LogP contribution in [0.4, 0.5) is 13.2 Å². The molecule has 0 unspecified atom stereocenters. The normalized spacial score (nSPS) is 15.8. The zero-order valence-corrected chi connectivity index (χ0v) is 25.6. The zero-order chi connectivity index (χ0) is 31.9. The number of halogens is 3. The summed E-state index contributed by atoms with van der Waals surface area (Å²) in [5, 5.41) is 13.0. The number of alkyl halides is 3. The molecule has 5 heterocycles. The van der Waals surface area contributed by atoms with Crippen molar-refractivity contribution in [2.75, 3.05) is 13.1 Å². The molecule has 2 fully saturated rings. The van der Waals surface area contributed by atoms with Crippen LogP contribution in [0.3, 0.4) is 0 Å². The van der Waals surface area contributed by atoms with Gasteiger partial charge in [0.05, 0.1) is 23.0 Å². The van der Waals surface area contributed by atoms with Crippen LogP contribution in [-0.4, -0.2) is 54.7 Å². The van der Waals surface area contributed by atoms with Gasteiger partial charge in [0.1, 0.15) is 17.9 Å². The van der Waals surface area contributed by atoms with Gasteiger partial charge in [0, 0.05) is 41.1 Å². The molecule has 4 aromatic heterocycles. The van der Waals surface area contributed by atoms with Crippen molar-refractivity contribution in [2.24, 2.45) is 5.92 Å². The maximum atomic E-state index is 13.8. The maximum absolute atomic E-state index is 13.8. The van der Waals surface area contributed by atoms with Gasteiger partial charge in [-0.2, -0.15) is 18.3 Å². The second-order valence-corrected chi connectivity index (χ2v) is 12.7. The number of rotatable bonds is 9. The average Bonchev–Trinajstić information content (AvgIpc) is 3.65. The molecule has 6 rings (SSSR count). The molecule has 45 heavy (non-hydrogen) atoms. The average molecular weight is 640 g/mol. The first kappa shape index (κ1) is 30.8. The summed E-state index contributed by atoms with van der Waals surface area (Å²) in [4.78, 5) is 36.8. The molecule has 0 atom stereocenters. The Kier molecular flexibility index (Phi) is 8.38. The lowest BCUT2D eigenvalue weighted by Gasteiger charge is -2.32. The number of aromatic nitrogens is 4. The number of thiophene rings is 1. The third-order valence-corrected chi connectivity index (χ3v) is 9.37. The van der Waals surface area contributed by atoms with E-state index >= 15 is 0 Å². The quantitative estimate of drug-likeness (QED) is 0.218. The van der Waals surface area contributed by atoms with E-state index in [0.717, 1.165) is 71.8 Å². The summed E-state index contributed by atoms with van der Waals surface area (Å²) in [5.41, 5.74) is 1.04. The van der Waals surface area contributed by atoms with Crippen molar-refractivity contribution in [1.29, 1.82) is 0 Å². The number of amides is 1. The van der Waals surface area contributed by atoms with Crippen molar-refractivity contribution >= 4 is 23.2 Å². The van der Waals surface area contributed by atoms with Crippen molar-refractivity contribution in [2.45, 2.75) is 64.7 Å². The third kappa shape index (κ3) is 6.44. The van der Waals surface area contributed by atoms with Crippen LogP contribution in [0.2, 0.25) is 0 Å². The molecule has 0 aromatic carbocycles. The van der Waals surface area contributed by atoms with Crippen LogP contribution < -0.4 is 4.74 Å². The molecule has 1 N–H and O–H groups in total. The number of ether oxygens (including phenoxy) is 1. The van der Waals surface area contributed by atoms with Crippen molar-refractivity contribution in [1.82, 2.24) is 24.6 Å². The first-order valence-corrected chi connectivity index (χ1v) is 15.7. The summed E-state index contributed by atoms with van der Waals surface area (Å²) in [7, 11) is 0. The molecule has 0 radical (unpaired) electrons. The summed E-state index contributed by atoms with van der Waals surface area (Å²) >= 11 is 1.43. The number of carbonyl (C=O) groups is 2. The van der Waals surface area contributed by atoms with Gasteiger partial charge < -0.3 is 14.7 Å². The summed E-state index contributed by atoms with van der Waals surface area (Å²) in [5.74, 6) is -0.439. The number of carboxylic acid groups (broad SMARTS) is 1. The number of aryl methyl sites for hydroxylation is 2. The van der Waals surface area contributed by atoms with Crippen molar-refractivity contribution in [3.8, 4) is 22.1 Å². The van der Waals surface area contributed by atoms with Crippen molar-refractivity contribution in [3.63, 3.8) is 0 Å². The fraction of sp³-hybridized carbons (Fsp3) is 0.406. The highest BCUT2D eigenvalue weighted by atomic mass is 32.1. The van der Waals surface area contributed by atoms with Crippen LogP contribution in [0, 0.1) is 12.8 Å². The van der Waals surface area contributed by atoms with E-state index in [4.69, 9.17) is 9.72 Å². The highest BCUT2D eigenvalue weighted by Gasteiger charge is 2.41. The van der Waals surface area contributed by atoms with Crippen LogP contribution in [0.25, 0.3) is 16.4 Å². The number of piperidine rings is 1. The van der Waals surface area contributed by atoms with Crippen LogP contribution in [0.1, 0.15) is 76.3 Å². The summed E-state index contributed by atoms with van der Waals surface area (Å²) in [6.07, 6.45) is 2.05. The van der Waals surface area contributed by atoms with Gasteiger partial charge in [-0.05, 0) is 68.9 Å². The molecule has 0 bridgehead atoms. The van der Waals surface area contributed by atoms with E-state index in [1.807, 2.05) is 24.0 Å². The highest BCUT2D eigenvalue weighted by molar-refractivity contribution is 7.15. The van der Waals surface area contributed by atoms with E-state index in [-0.39, 0.29) is 18.3 Å². The molecule has 13 heteroatoms. The van der Waals surface area contributed by atoms with E-state index < -0.39 is 23.4 Å². The van der Waals surface area contributed by atoms with Crippen LogP contribution in [-0.2, 0) is 24.0 Å². The van der Waals surface area contributed by atoms with Gasteiger partial charge >= 0.3 is 12.1 Å². The van der Waals surface area contributed by atoms with Gasteiger partial charge in [-0.15, -0.1) is 11.3 Å². The maximum Gasteiger partial charge on any atom is 0.434 e. The standard InChI is InChI=1S/C32H32F3N5O4S/c1-3-19-14-23(15-36-27(19)20-9-11-39(12-10-20)30(41)21-7-8-21)44-17-22-13-18(2)45-28(22)25-5-4-6-26(38-25)40-29(32(33,34)35)24(16-37-40)31(42)43/h4-6,13-16,20-21H,3,7-12,17H2,1-2H3,(H,42,43). The molecule has 4 aromatic rings. The summed E-state index contributed by atoms with van der Waals surface area (Å²) < 4.78 is 48.1. The highest BCUT2D eigenvalue weighted by Crippen LogP contribution is 2.37. The minimum Gasteiger partial charge on any atom is -0.487 e. The SMILES string of the molecule is CCc1cc(OCc2cc(C)sc2-c2cccc(-n3ncc(C(=O)O)c3C(F)(F)F)n2)cnc1C1CCN(C(=O)C2CC2)CC1. The predicted molar refractivity (Wildman–Crippen MR) is 161 cm³/mol. The molecule has 1 amide bonds. The molecule has 236 valence electrons. The lowest BCUT2D eigenvalue weighted by Crippen LogP contribution is -2.39. The van der Waals surface area contributed by atoms with Crippen LogP contribution >= 0.6 is 11.3 Å². The second kappa shape index (κ2) is 12.3. The van der Waals surface area contributed by atoms with Crippen LogP contribution in [0.5, 0.6) is 5.75 Å². The van der Waals surface area contributed by atoms with Crippen LogP contribution in [0.15, 0.2) is 42.7 Å². The number of carbonyl (C=O) groups excluding carboxylic acids is 1. The van der Waals surface area contributed by atoms with Gasteiger partial charge in [0.25, 0.3) is 0 Å². The molecular formula is C32H32F3N5O4S. The Bertz CT molecular complexity index is 1740. The van der Waals surface area contributed by atoms with Gasteiger partial charge in [-0.3, -0.25) is 9.78 Å². The van der Waals surface area contributed by atoms with Gasteiger partial charge in [-0.1, -0.05) is 13.0 Å². The third-order valence-electron chi connectivity index (χ3n) is 8.26. The minimum atomic E-state index is -4.95. The zero-order valence-electron chi connectivity index (χ0n) is 24.8. The van der Waals surface area contributed by atoms with E-state index in [1.165, 1.54) is 17.4 Å². The molecule has 1 saturated heterocycles. The van der Waals surface area contributed by atoms with E-state index in [1.54, 1.807) is 18.3 Å². The number of nitrogens with zero attached hydrogens (tertiary/aromatic N) is 5. The molecule has 1 saturated carbocycles. The first-order valence-electron chi connectivity index (χ1n) is 14.9. The van der Waals surface area contributed by atoms with Gasteiger partial charge in [-0.25, -0.2) is 14.5 Å². The number of pyridine rings is 2. The number of carboxylic acids is 1. The Morgan fingerprint density at radius 1 is 1.09 bits per heavy atom. The van der Waals surface area contributed by atoms with E-state index in [0.29, 0.717) is 34.1 Å². The molecule has 1 aliphatic carbocycles. The summed E-state index contributed by atoms with van der Waals surface area (Å²) in [6.45, 7) is 5.72. The number of hydrogen-bond acceptors (Lipinski definition) is 7. The smallest absolute Gasteiger partial charge is 0.434 e. The molecule has 2 aliphatic rings. The van der Waals surface area contributed by atoms with Crippen molar-refractivity contribution in [3.05, 3.63) is 75.7 Å². The van der Waals surface area contributed by atoms with Gasteiger partial charge in [0.15, 0.2) is 11.5 Å². The molecule has 0 spiro atoms. The fourth-order valence-corrected chi connectivity index (χ4v) is 6.85. The predicted octanol–water partition coefficient (Wildman–Crippen LogP) is 6.67. The Morgan fingerprint density at radius 3 is 2.51 bits per heavy atom. The number of aromatic carboxylic acids is 1. The molecule has 9 nitrogen and oxygen atoms in total. The largest absolute Gasteiger partial charge is 0.487 e. The molecule has 1 aliphatic heterocycles. The van der Waals surface area contributed by atoms with Gasteiger partial charge in [0.2, 0.25) is 5.91 Å². The lowest BCUT2D eigenvalue weighted by atomic mass is 9.89. The number of hydrogen-bond donors (Lipinski definition) is 1. The Morgan fingerprint density at radius 2 is 1.84 bits per heavy atom. The Hall–Kier alpha value is -4.26.